The van der Waals surface area contributed by atoms with E-state index in [0.717, 1.165) is 39.0 Å². The minimum absolute atomic E-state index is 0.873. The molecule has 0 unspecified atom stereocenters. The Morgan fingerprint density at radius 3 is 1.66 bits per heavy atom. The zero-order valence-corrected chi connectivity index (χ0v) is 27.3. The van der Waals surface area contributed by atoms with Crippen molar-refractivity contribution in [3.05, 3.63) is 188 Å². The maximum Gasteiger partial charge on any atom is 0.137 e. The standard InChI is InChI=1S/C48H31NO/c1-2-11-32(12-3-1)33-21-25-38(26-22-33)49(45-19-10-20-46-48(45)44-29-35-13-4-5-14-36(35)31-47(44)50-46)39-27-23-34(24-28-39)43-30-37-15-6-7-16-40(37)41-17-8-9-18-42(41)43/h1-31H. The lowest BCUT2D eigenvalue weighted by atomic mass is 9.93. The summed E-state index contributed by atoms with van der Waals surface area (Å²) in [6, 6.07) is 67.5. The average Bonchev–Trinajstić information content (AvgIpc) is 3.55. The van der Waals surface area contributed by atoms with Gasteiger partial charge in [-0.05, 0) is 109 Å². The highest BCUT2D eigenvalue weighted by atomic mass is 16.3. The Labute approximate surface area is 290 Å². The molecule has 0 bridgehead atoms. The molecule has 0 spiro atoms. The number of hydrogen-bond donors (Lipinski definition) is 0. The molecule has 50 heavy (non-hydrogen) atoms. The van der Waals surface area contributed by atoms with E-state index >= 15 is 0 Å². The first-order valence-corrected chi connectivity index (χ1v) is 17.1. The van der Waals surface area contributed by atoms with Crippen LogP contribution in [0.1, 0.15) is 0 Å². The van der Waals surface area contributed by atoms with Crippen LogP contribution in [0.3, 0.4) is 0 Å². The second-order valence-corrected chi connectivity index (χ2v) is 12.9. The molecule has 9 aromatic carbocycles. The first kappa shape index (κ1) is 28.4. The van der Waals surface area contributed by atoms with E-state index in [2.05, 4.69) is 193 Å². The molecule has 0 aliphatic heterocycles. The highest BCUT2D eigenvalue weighted by molar-refractivity contribution is 6.17. The molecule has 0 fully saturated rings. The van der Waals surface area contributed by atoms with E-state index in [-0.39, 0.29) is 0 Å². The molecule has 0 saturated carbocycles. The molecule has 0 aliphatic carbocycles. The number of hydrogen-bond acceptors (Lipinski definition) is 2. The van der Waals surface area contributed by atoms with E-state index in [9.17, 15) is 0 Å². The van der Waals surface area contributed by atoms with E-state index in [1.807, 2.05) is 0 Å². The van der Waals surface area contributed by atoms with Gasteiger partial charge in [0.15, 0.2) is 0 Å². The lowest BCUT2D eigenvalue weighted by Crippen LogP contribution is -2.10. The Bertz CT molecular complexity index is 2850. The summed E-state index contributed by atoms with van der Waals surface area (Å²) in [6.07, 6.45) is 0. The first-order chi connectivity index (χ1) is 24.8. The summed E-state index contributed by atoms with van der Waals surface area (Å²) in [4.78, 5) is 2.36. The monoisotopic (exact) mass is 637 g/mol. The van der Waals surface area contributed by atoms with Crippen molar-refractivity contribution in [3.8, 4) is 22.3 Å². The number of furan rings is 1. The fourth-order valence-corrected chi connectivity index (χ4v) is 7.62. The molecule has 10 aromatic rings. The van der Waals surface area contributed by atoms with Crippen molar-refractivity contribution in [2.24, 2.45) is 0 Å². The Morgan fingerprint density at radius 1 is 0.340 bits per heavy atom. The number of benzene rings is 9. The van der Waals surface area contributed by atoms with Gasteiger partial charge in [0.05, 0.1) is 11.1 Å². The Hall–Kier alpha value is -6.64. The van der Waals surface area contributed by atoms with Gasteiger partial charge in [0.1, 0.15) is 11.2 Å². The predicted octanol–water partition coefficient (Wildman–Crippen LogP) is 13.8. The van der Waals surface area contributed by atoms with Crippen LogP contribution in [0, 0.1) is 0 Å². The minimum Gasteiger partial charge on any atom is -0.456 e. The molecule has 0 aliphatic rings. The van der Waals surface area contributed by atoms with E-state index < -0.39 is 0 Å². The fourth-order valence-electron chi connectivity index (χ4n) is 7.62. The van der Waals surface area contributed by atoms with Gasteiger partial charge in [-0.2, -0.15) is 0 Å². The minimum atomic E-state index is 0.873. The van der Waals surface area contributed by atoms with E-state index in [0.29, 0.717) is 0 Å². The summed E-state index contributed by atoms with van der Waals surface area (Å²) in [5.74, 6) is 0. The molecule has 234 valence electrons. The molecule has 1 heterocycles. The third-order valence-electron chi connectivity index (χ3n) is 10.0. The van der Waals surface area contributed by atoms with Crippen molar-refractivity contribution in [1.82, 2.24) is 0 Å². The number of anilines is 3. The topological polar surface area (TPSA) is 16.4 Å². The lowest BCUT2D eigenvalue weighted by molar-refractivity contribution is 0.669. The molecule has 0 amide bonds. The SMILES string of the molecule is c1ccc(-c2ccc(N(c3ccc(-c4cc5ccccc5c5ccccc45)cc3)c3cccc4oc5cc6ccccc6cc5c34)cc2)cc1. The summed E-state index contributed by atoms with van der Waals surface area (Å²) >= 11 is 0. The zero-order valence-electron chi connectivity index (χ0n) is 27.3. The van der Waals surface area contributed by atoms with Crippen LogP contribution in [0.5, 0.6) is 0 Å². The van der Waals surface area contributed by atoms with E-state index in [1.54, 1.807) is 0 Å². The number of fused-ring (bicyclic) bond motifs is 7. The van der Waals surface area contributed by atoms with Gasteiger partial charge >= 0.3 is 0 Å². The van der Waals surface area contributed by atoms with Gasteiger partial charge in [0, 0.05) is 16.8 Å². The van der Waals surface area contributed by atoms with Crippen LogP contribution in [0.2, 0.25) is 0 Å². The second-order valence-electron chi connectivity index (χ2n) is 12.9. The van der Waals surface area contributed by atoms with Crippen LogP contribution in [-0.4, -0.2) is 0 Å². The summed E-state index contributed by atoms with van der Waals surface area (Å²) in [5.41, 5.74) is 9.81. The van der Waals surface area contributed by atoms with Crippen LogP contribution in [0.25, 0.3) is 76.5 Å². The normalized spacial score (nSPS) is 11.6. The second kappa shape index (κ2) is 11.5. The molecule has 2 nitrogen and oxygen atoms in total. The number of rotatable bonds is 5. The molecule has 0 radical (unpaired) electrons. The van der Waals surface area contributed by atoms with Crippen molar-refractivity contribution in [2.45, 2.75) is 0 Å². The molecular formula is C48H31NO. The van der Waals surface area contributed by atoms with Gasteiger partial charge in [-0.25, -0.2) is 0 Å². The maximum absolute atomic E-state index is 6.53. The van der Waals surface area contributed by atoms with Crippen molar-refractivity contribution in [2.75, 3.05) is 4.90 Å². The van der Waals surface area contributed by atoms with Gasteiger partial charge in [-0.1, -0.05) is 133 Å². The highest BCUT2D eigenvalue weighted by Crippen LogP contribution is 2.45. The number of nitrogens with zero attached hydrogens (tertiary/aromatic N) is 1. The predicted molar refractivity (Wildman–Crippen MR) is 212 cm³/mol. The van der Waals surface area contributed by atoms with Gasteiger partial charge < -0.3 is 9.32 Å². The summed E-state index contributed by atoms with van der Waals surface area (Å²) < 4.78 is 6.53. The third-order valence-corrected chi connectivity index (χ3v) is 10.0. The van der Waals surface area contributed by atoms with Crippen LogP contribution < -0.4 is 4.90 Å². The Balaban J connectivity index is 1.16. The zero-order chi connectivity index (χ0) is 33.0. The molecular weight excluding hydrogens is 607 g/mol. The largest absolute Gasteiger partial charge is 0.456 e. The average molecular weight is 638 g/mol. The fraction of sp³-hybridized carbons (Fsp3) is 0. The van der Waals surface area contributed by atoms with Gasteiger partial charge in [-0.3, -0.25) is 0 Å². The van der Waals surface area contributed by atoms with Crippen LogP contribution in [0.15, 0.2) is 192 Å². The molecule has 1 aromatic heterocycles. The van der Waals surface area contributed by atoms with Crippen LogP contribution in [0.4, 0.5) is 17.1 Å². The molecule has 10 rings (SSSR count). The third kappa shape index (κ3) is 4.65. The molecule has 0 atom stereocenters. The quantitative estimate of drug-likeness (QED) is 0.175. The smallest absolute Gasteiger partial charge is 0.137 e. The Kier molecular flexibility index (Phi) is 6.53. The van der Waals surface area contributed by atoms with Crippen molar-refractivity contribution >= 4 is 71.3 Å². The molecule has 0 N–H and O–H groups in total. The molecule has 2 heteroatoms. The van der Waals surface area contributed by atoms with Crippen LogP contribution >= 0.6 is 0 Å². The maximum atomic E-state index is 6.53. The van der Waals surface area contributed by atoms with Crippen molar-refractivity contribution in [3.63, 3.8) is 0 Å². The summed E-state index contributed by atoms with van der Waals surface area (Å²) in [5, 5.41) is 9.64. The molecule has 0 saturated heterocycles. The van der Waals surface area contributed by atoms with Crippen molar-refractivity contribution in [1.29, 1.82) is 0 Å². The first-order valence-electron chi connectivity index (χ1n) is 17.1. The highest BCUT2D eigenvalue weighted by Gasteiger charge is 2.20. The summed E-state index contributed by atoms with van der Waals surface area (Å²) in [6.45, 7) is 0. The van der Waals surface area contributed by atoms with Gasteiger partial charge in [-0.15, -0.1) is 0 Å². The Morgan fingerprint density at radius 2 is 0.920 bits per heavy atom. The van der Waals surface area contributed by atoms with Crippen molar-refractivity contribution < 1.29 is 4.42 Å². The van der Waals surface area contributed by atoms with E-state index in [4.69, 9.17) is 4.42 Å². The van der Waals surface area contributed by atoms with Gasteiger partial charge in [0.2, 0.25) is 0 Å². The van der Waals surface area contributed by atoms with Gasteiger partial charge in [0.25, 0.3) is 0 Å². The lowest BCUT2D eigenvalue weighted by Gasteiger charge is -2.27. The van der Waals surface area contributed by atoms with Crippen LogP contribution in [-0.2, 0) is 0 Å². The summed E-state index contributed by atoms with van der Waals surface area (Å²) in [7, 11) is 0. The van der Waals surface area contributed by atoms with E-state index in [1.165, 1.54) is 54.6 Å².